The summed E-state index contributed by atoms with van der Waals surface area (Å²) in [4.78, 5) is 29.0. The van der Waals surface area contributed by atoms with Crippen molar-refractivity contribution in [3.05, 3.63) is 81.5 Å². The van der Waals surface area contributed by atoms with Gasteiger partial charge in [-0.05, 0) is 36.4 Å². The van der Waals surface area contributed by atoms with Crippen LogP contribution in [0.25, 0.3) is 0 Å². The van der Waals surface area contributed by atoms with Crippen molar-refractivity contribution in [1.29, 1.82) is 0 Å². The maximum absolute atomic E-state index is 13.7. The Kier molecular flexibility index (Phi) is 7.27. The van der Waals surface area contributed by atoms with Gasteiger partial charge in [-0.1, -0.05) is 29.3 Å². The van der Waals surface area contributed by atoms with Crippen LogP contribution in [0.5, 0.6) is 11.6 Å². The number of benzene rings is 2. The molecule has 13 heteroatoms. The van der Waals surface area contributed by atoms with Crippen LogP contribution < -0.4 is 15.0 Å². The zero-order chi connectivity index (χ0) is 25.2. The Morgan fingerprint density at radius 2 is 1.71 bits per heavy atom. The molecule has 2 aromatic carbocycles. The first kappa shape index (κ1) is 25.2. The topological polar surface area (TPSA) is 71.5 Å². The normalized spacial score (nSPS) is 11.2. The lowest BCUT2D eigenvalue weighted by atomic mass is 10.2. The molecule has 0 bridgehead atoms. The standard InChI is InChI=1S/C21H12Cl2F5N3O3/c1-31(20(33)30-18(32)16-13(24)3-2-4-14(16)25)10-5-6-15(12(22)9-10)34-19-17(23)11(7-8-29-19)21(26,27)28/h2-9H,1H3,(H,30,32,33). The third-order valence-electron chi connectivity index (χ3n) is 4.39. The molecule has 1 N–H and O–H groups in total. The van der Waals surface area contributed by atoms with Crippen molar-refractivity contribution in [1.82, 2.24) is 10.3 Å². The average molecular weight is 520 g/mol. The fourth-order valence-corrected chi connectivity index (χ4v) is 3.15. The zero-order valence-corrected chi connectivity index (χ0v) is 18.4. The van der Waals surface area contributed by atoms with E-state index in [0.29, 0.717) is 6.07 Å². The Morgan fingerprint density at radius 1 is 1.06 bits per heavy atom. The summed E-state index contributed by atoms with van der Waals surface area (Å²) in [6.07, 6.45) is -3.87. The number of pyridine rings is 1. The van der Waals surface area contributed by atoms with Crippen LogP contribution in [0.2, 0.25) is 10.0 Å². The second-order valence-electron chi connectivity index (χ2n) is 6.61. The van der Waals surface area contributed by atoms with E-state index in [4.69, 9.17) is 27.9 Å². The highest BCUT2D eigenvalue weighted by Crippen LogP contribution is 2.40. The molecule has 3 aromatic rings. The highest BCUT2D eigenvalue weighted by Gasteiger charge is 2.35. The molecular weight excluding hydrogens is 508 g/mol. The summed E-state index contributed by atoms with van der Waals surface area (Å²) in [6.45, 7) is 0. The molecule has 0 fully saturated rings. The number of anilines is 1. The van der Waals surface area contributed by atoms with Crippen LogP contribution in [0, 0.1) is 11.6 Å². The van der Waals surface area contributed by atoms with Gasteiger partial charge >= 0.3 is 12.2 Å². The van der Waals surface area contributed by atoms with E-state index in [1.54, 1.807) is 0 Å². The summed E-state index contributed by atoms with van der Waals surface area (Å²) in [5.74, 6) is -4.28. The van der Waals surface area contributed by atoms with Crippen molar-refractivity contribution in [3.8, 4) is 11.6 Å². The molecule has 0 aliphatic carbocycles. The number of halogens is 7. The number of rotatable bonds is 4. The Bertz CT molecular complexity index is 1250. The van der Waals surface area contributed by atoms with Crippen LogP contribution in [0.15, 0.2) is 48.7 Å². The molecule has 1 aromatic heterocycles. The number of nitrogens with one attached hydrogen (secondary N) is 1. The number of amides is 3. The lowest BCUT2D eigenvalue weighted by Crippen LogP contribution is -2.41. The molecule has 0 aliphatic rings. The predicted octanol–water partition coefficient (Wildman–Crippen LogP) is 6.46. The molecule has 1 heterocycles. The molecule has 3 amide bonds. The van der Waals surface area contributed by atoms with Gasteiger partial charge in [-0.25, -0.2) is 18.6 Å². The third kappa shape index (κ3) is 5.37. The van der Waals surface area contributed by atoms with Gasteiger partial charge in [-0.2, -0.15) is 13.2 Å². The molecule has 6 nitrogen and oxygen atoms in total. The Hall–Kier alpha value is -3.44. The second kappa shape index (κ2) is 9.82. The van der Waals surface area contributed by atoms with Gasteiger partial charge in [0.25, 0.3) is 5.91 Å². The molecule has 0 aliphatic heterocycles. The SMILES string of the molecule is CN(C(=O)NC(=O)c1c(F)cccc1F)c1ccc(Oc2nccc(C(F)(F)F)c2Cl)c(Cl)c1. The lowest BCUT2D eigenvalue weighted by Gasteiger charge is -2.19. The minimum Gasteiger partial charge on any atom is -0.436 e. The molecule has 178 valence electrons. The summed E-state index contributed by atoms with van der Waals surface area (Å²) in [5.41, 5.74) is -1.98. The number of carbonyl (C=O) groups excluding carboxylic acids is 2. The lowest BCUT2D eigenvalue weighted by molar-refractivity contribution is -0.137. The molecule has 0 atom stereocenters. The van der Waals surface area contributed by atoms with Crippen molar-refractivity contribution in [3.63, 3.8) is 0 Å². The Labute approximate surface area is 198 Å². The van der Waals surface area contributed by atoms with Gasteiger partial charge in [0.05, 0.1) is 10.6 Å². The molecule has 0 saturated heterocycles. The van der Waals surface area contributed by atoms with Gasteiger partial charge in [0.15, 0.2) is 0 Å². The van der Waals surface area contributed by atoms with Crippen molar-refractivity contribution < 1.29 is 36.3 Å². The average Bonchev–Trinajstić information content (AvgIpc) is 2.74. The van der Waals surface area contributed by atoms with E-state index in [1.165, 1.54) is 25.2 Å². The molecule has 34 heavy (non-hydrogen) atoms. The van der Waals surface area contributed by atoms with Gasteiger partial charge < -0.3 is 4.74 Å². The van der Waals surface area contributed by atoms with Crippen LogP contribution in [0.4, 0.5) is 32.4 Å². The number of imide groups is 1. The fourth-order valence-electron chi connectivity index (χ4n) is 2.68. The number of nitrogens with zero attached hydrogens (tertiary/aromatic N) is 2. The molecular formula is C21H12Cl2F5N3O3. The van der Waals surface area contributed by atoms with E-state index < -0.39 is 51.8 Å². The highest BCUT2D eigenvalue weighted by molar-refractivity contribution is 6.33. The van der Waals surface area contributed by atoms with E-state index in [1.807, 2.05) is 5.32 Å². The number of carbonyl (C=O) groups is 2. The maximum Gasteiger partial charge on any atom is 0.418 e. The minimum absolute atomic E-state index is 0.111. The van der Waals surface area contributed by atoms with E-state index in [-0.39, 0.29) is 16.5 Å². The second-order valence-corrected chi connectivity index (χ2v) is 7.39. The Balaban J connectivity index is 1.77. The smallest absolute Gasteiger partial charge is 0.418 e. The number of ether oxygens (including phenoxy) is 1. The van der Waals surface area contributed by atoms with E-state index in [2.05, 4.69) is 4.98 Å². The van der Waals surface area contributed by atoms with Crippen molar-refractivity contribution in [2.45, 2.75) is 6.18 Å². The van der Waals surface area contributed by atoms with E-state index >= 15 is 0 Å². The van der Waals surface area contributed by atoms with Gasteiger partial charge in [-0.15, -0.1) is 0 Å². The van der Waals surface area contributed by atoms with Crippen LogP contribution in [0.1, 0.15) is 15.9 Å². The predicted molar refractivity (Wildman–Crippen MR) is 113 cm³/mol. The van der Waals surface area contributed by atoms with E-state index in [9.17, 15) is 31.5 Å². The fraction of sp³-hybridized carbons (Fsp3) is 0.0952. The monoisotopic (exact) mass is 519 g/mol. The van der Waals surface area contributed by atoms with Crippen LogP contribution in [0.3, 0.4) is 0 Å². The van der Waals surface area contributed by atoms with Gasteiger partial charge in [0, 0.05) is 18.9 Å². The van der Waals surface area contributed by atoms with Gasteiger partial charge in [0.2, 0.25) is 5.88 Å². The molecule has 0 spiro atoms. The number of urea groups is 1. The number of hydrogen-bond acceptors (Lipinski definition) is 4. The summed E-state index contributed by atoms with van der Waals surface area (Å²) in [7, 11) is 1.23. The van der Waals surface area contributed by atoms with Gasteiger partial charge in [-0.3, -0.25) is 15.0 Å². The largest absolute Gasteiger partial charge is 0.436 e. The molecule has 0 radical (unpaired) electrons. The molecule has 3 rings (SSSR count). The third-order valence-corrected chi connectivity index (χ3v) is 5.05. The summed E-state index contributed by atoms with van der Waals surface area (Å²) < 4.78 is 71.8. The summed E-state index contributed by atoms with van der Waals surface area (Å²) in [6, 6.07) is 6.12. The van der Waals surface area contributed by atoms with Crippen LogP contribution in [-0.2, 0) is 6.18 Å². The number of alkyl halides is 3. The van der Waals surface area contributed by atoms with Crippen molar-refractivity contribution >= 4 is 40.8 Å². The quantitative estimate of drug-likeness (QED) is 0.401. The van der Waals surface area contributed by atoms with Crippen LogP contribution in [-0.4, -0.2) is 24.0 Å². The number of aromatic nitrogens is 1. The first-order valence-corrected chi connectivity index (χ1v) is 9.88. The van der Waals surface area contributed by atoms with Crippen molar-refractivity contribution in [2.24, 2.45) is 0 Å². The molecule has 0 saturated carbocycles. The number of hydrogen-bond donors (Lipinski definition) is 1. The van der Waals surface area contributed by atoms with Crippen LogP contribution >= 0.6 is 23.2 Å². The summed E-state index contributed by atoms with van der Waals surface area (Å²) >= 11 is 11.9. The van der Waals surface area contributed by atoms with Crippen molar-refractivity contribution in [2.75, 3.05) is 11.9 Å². The molecule has 0 unspecified atom stereocenters. The Morgan fingerprint density at radius 3 is 2.29 bits per heavy atom. The highest BCUT2D eigenvalue weighted by atomic mass is 35.5. The maximum atomic E-state index is 13.7. The van der Waals surface area contributed by atoms with E-state index in [0.717, 1.165) is 29.3 Å². The summed E-state index contributed by atoms with van der Waals surface area (Å²) in [5, 5.41) is 0.925. The first-order valence-electron chi connectivity index (χ1n) is 9.12. The van der Waals surface area contributed by atoms with Gasteiger partial charge in [0.1, 0.15) is 28.0 Å². The first-order chi connectivity index (χ1) is 15.9. The zero-order valence-electron chi connectivity index (χ0n) is 16.9. The minimum atomic E-state index is -4.73.